The molecule has 0 aromatic carbocycles. The molecule has 4 aromatic heterocycles. The second-order valence-electron chi connectivity index (χ2n) is 6.82. The number of rotatable bonds is 7. The van der Waals surface area contributed by atoms with Crippen molar-refractivity contribution in [2.75, 3.05) is 6.54 Å². The summed E-state index contributed by atoms with van der Waals surface area (Å²) in [6.07, 6.45) is 0. The van der Waals surface area contributed by atoms with Gasteiger partial charge in [-0.25, -0.2) is 14.3 Å². The number of carbonyl (C=O) groups excluding carboxylic acids is 1. The van der Waals surface area contributed by atoms with Gasteiger partial charge in [0.2, 0.25) is 0 Å². The molecule has 32 heavy (non-hydrogen) atoms. The molecule has 0 aliphatic heterocycles. The van der Waals surface area contributed by atoms with Gasteiger partial charge in [0.1, 0.15) is 16.4 Å². The molecule has 0 atom stereocenters. The number of aromatic nitrogens is 5. The van der Waals surface area contributed by atoms with Crippen LogP contribution in [-0.2, 0) is 13.1 Å². The molecule has 0 saturated heterocycles. The van der Waals surface area contributed by atoms with Gasteiger partial charge in [-0.1, -0.05) is 6.07 Å². The fourth-order valence-electron chi connectivity index (χ4n) is 3.03. The molecule has 4 rings (SSSR count). The molecule has 11 heteroatoms. The first-order valence-corrected chi connectivity index (χ1v) is 11.6. The molecule has 1 amide bonds. The first-order valence-electron chi connectivity index (χ1n) is 9.92. The summed E-state index contributed by atoms with van der Waals surface area (Å²) in [7, 11) is 0. The van der Waals surface area contributed by atoms with Gasteiger partial charge >= 0.3 is 0 Å². The number of hydrogen-bond donors (Lipinski definition) is 1. The third kappa shape index (κ3) is 4.58. The lowest BCUT2D eigenvalue weighted by atomic mass is 10.3. The summed E-state index contributed by atoms with van der Waals surface area (Å²) >= 11 is 3.15. The van der Waals surface area contributed by atoms with Crippen LogP contribution in [0.15, 0.2) is 51.4 Å². The van der Waals surface area contributed by atoms with Crippen molar-refractivity contribution < 1.29 is 4.79 Å². The molecule has 0 aliphatic rings. The minimum atomic E-state index is -0.421. The predicted molar refractivity (Wildman–Crippen MR) is 124 cm³/mol. The van der Waals surface area contributed by atoms with E-state index in [4.69, 9.17) is 0 Å². The number of thiazole rings is 1. The molecule has 4 heterocycles. The van der Waals surface area contributed by atoms with Crippen molar-refractivity contribution in [3.8, 4) is 20.5 Å². The maximum absolute atomic E-state index is 12.3. The summed E-state index contributed by atoms with van der Waals surface area (Å²) in [5, 5.41) is 14.1. The molecule has 4 aromatic rings. The molecule has 0 aliphatic carbocycles. The van der Waals surface area contributed by atoms with Crippen molar-refractivity contribution in [2.45, 2.75) is 26.9 Å². The van der Waals surface area contributed by atoms with Crippen LogP contribution >= 0.6 is 22.7 Å². The van der Waals surface area contributed by atoms with Crippen molar-refractivity contribution in [3.63, 3.8) is 0 Å². The molecule has 1 N–H and O–H groups in total. The number of hydrogen-bond acceptors (Lipinski definition) is 8. The summed E-state index contributed by atoms with van der Waals surface area (Å²) in [6, 6.07) is 9.84. The van der Waals surface area contributed by atoms with Crippen LogP contribution in [0.4, 0.5) is 0 Å². The van der Waals surface area contributed by atoms with E-state index in [9.17, 15) is 14.4 Å². The van der Waals surface area contributed by atoms with Gasteiger partial charge in [-0.2, -0.15) is 10.2 Å². The number of thiophene rings is 1. The van der Waals surface area contributed by atoms with Crippen LogP contribution < -0.4 is 16.4 Å². The van der Waals surface area contributed by atoms with E-state index in [2.05, 4.69) is 20.5 Å². The Morgan fingerprint density at radius 3 is 2.59 bits per heavy atom. The highest BCUT2D eigenvalue weighted by atomic mass is 32.1. The number of carbonyl (C=O) groups is 1. The van der Waals surface area contributed by atoms with Crippen LogP contribution in [0.2, 0.25) is 0 Å². The van der Waals surface area contributed by atoms with Crippen molar-refractivity contribution >= 4 is 28.6 Å². The maximum Gasteiger partial charge on any atom is 0.271 e. The lowest BCUT2D eigenvalue weighted by Crippen LogP contribution is -2.33. The van der Waals surface area contributed by atoms with Gasteiger partial charge < -0.3 is 5.32 Å². The Hall–Kier alpha value is -3.44. The number of nitrogens with one attached hydrogen (secondary N) is 1. The van der Waals surface area contributed by atoms with Crippen LogP contribution in [0.5, 0.6) is 0 Å². The zero-order valence-electron chi connectivity index (χ0n) is 17.4. The van der Waals surface area contributed by atoms with E-state index < -0.39 is 5.91 Å². The molecule has 0 radical (unpaired) electrons. The van der Waals surface area contributed by atoms with Crippen LogP contribution in [0.1, 0.15) is 23.1 Å². The smallest absolute Gasteiger partial charge is 0.271 e. The Kier molecular flexibility index (Phi) is 6.37. The molecular weight excluding hydrogens is 448 g/mol. The molecular formula is C21H20N6O3S2. The van der Waals surface area contributed by atoms with Gasteiger partial charge in [-0.05, 0) is 37.4 Å². The molecule has 0 saturated carbocycles. The van der Waals surface area contributed by atoms with Gasteiger partial charge in [-0.15, -0.1) is 22.7 Å². The molecule has 164 valence electrons. The minimum Gasteiger partial charge on any atom is -0.349 e. The van der Waals surface area contributed by atoms with Crippen LogP contribution in [0, 0.1) is 6.92 Å². The average molecular weight is 469 g/mol. The van der Waals surface area contributed by atoms with E-state index in [1.54, 1.807) is 24.3 Å². The summed E-state index contributed by atoms with van der Waals surface area (Å²) in [4.78, 5) is 42.9. The van der Waals surface area contributed by atoms with E-state index in [-0.39, 0.29) is 29.9 Å². The third-order valence-corrected chi connectivity index (χ3v) is 6.85. The fourth-order valence-corrected chi connectivity index (χ4v) is 4.86. The number of amides is 1. The fraction of sp³-hybridized carbons (Fsp3) is 0.238. The Labute approximate surface area is 191 Å². The van der Waals surface area contributed by atoms with Gasteiger partial charge in [-0.3, -0.25) is 14.4 Å². The monoisotopic (exact) mass is 468 g/mol. The van der Waals surface area contributed by atoms with Crippen LogP contribution in [-0.4, -0.2) is 37.0 Å². The predicted octanol–water partition coefficient (Wildman–Crippen LogP) is 2.41. The van der Waals surface area contributed by atoms with Gasteiger partial charge in [0, 0.05) is 25.2 Å². The minimum absolute atomic E-state index is 0.141. The third-order valence-electron chi connectivity index (χ3n) is 4.64. The number of nitrogens with zero attached hydrogens (tertiary/aromatic N) is 5. The molecule has 0 unspecified atom stereocenters. The van der Waals surface area contributed by atoms with Crippen molar-refractivity contribution in [1.29, 1.82) is 0 Å². The van der Waals surface area contributed by atoms with E-state index in [1.165, 1.54) is 38.9 Å². The second-order valence-corrected chi connectivity index (χ2v) is 8.77. The van der Waals surface area contributed by atoms with Crippen LogP contribution in [0.25, 0.3) is 20.5 Å². The molecule has 9 nitrogen and oxygen atoms in total. The maximum atomic E-state index is 12.3. The summed E-state index contributed by atoms with van der Waals surface area (Å²) < 4.78 is 2.53. The summed E-state index contributed by atoms with van der Waals surface area (Å²) in [5.74, 6) is -0.421. The largest absolute Gasteiger partial charge is 0.349 e. The average Bonchev–Trinajstić information content (AvgIpc) is 3.45. The highest BCUT2D eigenvalue weighted by Gasteiger charge is 2.14. The Bertz CT molecular complexity index is 1370. The van der Waals surface area contributed by atoms with Gasteiger partial charge in [0.15, 0.2) is 0 Å². The van der Waals surface area contributed by atoms with E-state index in [0.717, 1.165) is 20.5 Å². The Morgan fingerprint density at radius 2 is 1.84 bits per heavy atom. The molecule has 0 spiro atoms. The van der Waals surface area contributed by atoms with E-state index in [0.29, 0.717) is 12.2 Å². The second kappa shape index (κ2) is 9.37. The normalized spacial score (nSPS) is 10.9. The molecule has 0 bridgehead atoms. The van der Waals surface area contributed by atoms with Crippen molar-refractivity contribution in [1.82, 2.24) is 29.9 Å². The van der Waals surface area contributed by atoms with Crippen molar-refractivity contribution in [2.24, 2.45) is 0 Å². The quantitative estimate of drug-likeness (QED) is 0.446. The first kappa shape index (κ1) is 21.8. The van der Waals surface area contributed by atoms with Crippen molar-refractivity contribution in [3.05, 3.63) is 73.9 Å². The van der Waals surface area contributed by atoms with E-state index >= 15 is 0 Å². The standard InChI is InChI=1S/C21H20N6O3S2/c1-3-26-17(28)9-7-15(25-26)20(30)22-10-11-27-18(29)8-6-14(24-27)19-13(2)23-21(32-19)16-5-4-12-31-16/h4-9,12H,3,10-11H2,1-2H3,(H,22,30). The SMILES string of the molecule is CCn1nc(C(=O)NCCn2nc(-c3sc(-c4cccs4)nc3C)ccc2=O)ccc1=O. The topological polar surface area (TPSA) is 112 Å². The highest BCUT2D eigenvalue weighted by Crippen LogP contribution is 2.35. The number of aryl methyl sites for hydroxylation is 2. The Morgan fingerprint density at radius 1 is 1.06 bits per heavy atom. The first-order chi connectivity index (χ1) is 15.5. The highest BCUT2D eigenvalue weighted by molar-refractivity contribution is 7.23. The van der Waals surface area contributed by atoms with E-state index in [1.807, 2.05) is 24.4 Å². The van der Waals surface area contributed by atoms with Gasteiger partial charge in [0.25, 0.3) is 17.0 Å². The van der Waals surface area contributed by atoms with Gasteiger partial charge in [0.05, 0.1) is 22.0 Å². The zero-order valence-corrected chi connectivity index (χ0v) is 19.1. The molecule has 0 fully saturated rings. The summed E-state index contributed by atoms with van der Waals surface area (Å²) in [5.41, 5.74) is 1.12. The lowest BCUT2D eigenvalue weighted by molar-refractivity contribution is 0.0944. The lowest BCUT2D eigenvalue weighted by Gasteiger charge is -2.08. The van der Waals surface area contributed by atoms with Crippen LogP contribution in [0.3, 0.4) is 0 Å². The zero-order chi connectivity index (χ0) is 22.7. The Balaban J connectivity index is 1.48. The summed E-state index contributed by atoms with van der Waals surface area (Å²) in [6.45, 7) is 4.45.